The summed E-state index contributed by atoms with van der Waals surface area (Å²) in [6, 6.07) is 8.52. The zero-order chi connectivity index (χ0) is 16.2. The number of piperidine rings is 1. The van der Waals surface area contributed by atoms with E-state index in [2.05, 4.69) is 11.6 Å². The van der Waals surface area contributed by atoms with Crippen molar-refractivity contribution >= 4 is 16.0 Å². The second-order valence-electron chi connectivity index (χ2n) is 6.12. The standard InChI is InChI=1S/C16H24N2O3S/c1-13-7-6-10-18(12-13)22(20,21)17-14(2)11-16(19)15-8-4-3-5-9-15/h3-5,8-9,13-14,17H,6-7,10-12H2,1-2H3/t13-,14+/m0/s1. The number of carbonyl (C=O) groups is 1. The molecule has 1 fully saturated rings. The van der Waals surface area contributed by atoms with E-state index in [4.69, 9.17) is 0 Å². The first kappa shape index (κ1) is 17.1. The Morgan fingerprint density at radius 2 is 2.05 bits per heavy atom. The highest BCUT2D eigenvalue weighted by Gasteiger charge is 2.28. The quantitative estimate of drug-likeness (QED) is 0.816. The van der Waals surface area contributed by atoms with Crippen molar-refractivity contribution in [3.63, 3.8) is 0 Å². The van der Waals surface area contributed by atoms with Gasteiger partial charge in [-0.2, -0.15) is 17.4 Å². The summed E-state index contributed by atoms with van der Waals surface area (Å²) >= 11 is 0. The van der Waals surface area contributed by atoms with E-state index in [9.17, 15) is 13.2 Å². The smallest absolute Gasteiger partial charge is 0.279 e. The molecule has 1 aromatic carbocycles. The van der Waals surface area contributed by atoms with Crippen LogP contribution < -0.4 is 4.72 Å². The summed E-state index contributed by atoms with van der Waals surface area (Å²) < 4.78 is 28.8. The van der Waals surface area contributed by atoms with Crippen LogP contribution in [0.1, 0.15) is 43.5 Å². The van der Waals surface area contributed by atoms with Crippen LogP contribution in [0, 0.1) is 5.92 Å². The predicted octanol–water partition coefficient (Wildman–Crippen LogP) is 2.21. The lowest BCUT2D eigenvalue weighted by Crippen LogP contribution is -2.48. The highest BCUT2D eigenvalue weighted by atomic mass is 32.2. The van der Waals surface area contributed by atoms with Gasteiger partial charge in [0.15, 0.2) is 5.78 Å². The van der Waals surface area contributed by atoms with Crippen LogP contribution in [-0.4, -0.2) is 37.6 Å². The van der Waals surface area contributed by atoms with E-state index in [1.807, 2.05) is 6.07 Å². The molecule has 6 heteroatoms. The van der Waals surface area contributed by atoms with Crippen LogP contribution in [0.25, 0.3) is 0 Å². The van der Waals surface area contributed by atoms with Gasteiger partial charge in [0.25, 0.3) is 10.2 Å². The SMILES string of the molecule is C[C@H]1CCCN(S(=O)(=O)N[C@H](C)CC(=O)c2ccccc2)C1. The Kier molecular flexibility index (Phi) is 5.72. The molecule has 1 aliphatic heterocycles. The molecular formula is C16H24N2O3S. The van der Waals surface area contributed by atoms with E-state index in [0.717, 1.165) is 12.8 Å². The van der Waals surface area contributed by atoms with Crippen LogP contribution in [-0.2, 0) is 10.2 Å². The van der Waals surface area contributed by atoms with Crippen LogP contribution in [0.4, 0.5) is 0 Å². The summed E-state index contributed by atoms with van der Waals surface area (Å²) in [6.07, 6.45) is 2.11. The van der Waals surface area contributed by atoms with Gasteiger partial charge in [0.05, 0.1) is 0 Å². The van der Waals surface area contributed by atoms with E-state index in [1.165, 1.54) is 4.31 Å². The van der Waals surface area contributed by atoms with Crippen LogP contribution in [0.2, 0.25) is 0 Å². The maximum absolute atomic E-state index is 12.4. The van der Waals surface area contributed by atoms with Gasteiger partial charge >= 0.3 is 0 Å². The largest absolute Gasteiger partial charge is 0.294 e. The second kappa shape index (κ2) is 7.35. The minimum absolute atomic E-state index is 0.0530. The highest BCUT2D eigenvalue weighted by Crippen LogP contribution is 2.18. The molecule has 1 heterocycles. The van der Waals surface area contributed by atoms with Crippen molar-refractivity contribution < 1.29 is 13.2 Å². The van der Waals surface area contributed by atoms with Crippen molar-refractivity contribution in [3.8, 4) is 0 Å². The molecule has 1 aliphatic rings. The van der Waals surface area contributed by atoms with Crippen LogP contribution in [0.3, 0.4) is 0 Å². The Morgan fingerprint density at radius 1 is 1.36 bits per heavy atom. The number of rotatable bonds is 6. The molecule has 0 saturated carbocycles. The summed E-state index contributed by atoms with van der Waals surface area (Å²) in [4.78, 5) is 12.1. The Bertz CT molecular complexity index is 601. The van der Waals surface area contributed by atoms with Crippen LogP contribution >= 0.6 is 0 Å². The van der Waals surface area contributed by atoms with Crippen molar-refractivity contribution in [1.82, 2.24) is 9.03 Å². The molecule has 2 atom stereocenters. The Hall–Kier alpha value is -1.24. The number of hydrogen-bond donors (Lipinski definition) is 1. The predicted molar refractivity (Wildman–Crippen MR) is 86.9 cm³/mol. The van der Waals surface area contributed by atoms with Crippen molar-refractivity contribution in [2.24, 2.45) is 5.92 Å². The van der Waals surface area contributed by atoms with Gasteiger partial charge in [-0.25, -0.2) is 0 Å². The molecule has 0 unspecified atom stereocenters. The zero-order valence-corrected chi connectivity index (χ0v) is 14.0. The Morgan fingerprint density at radius 3 is 2.68 bits per heavy atom. The first-order chi connectivity index (χ1) is 10.4. The lowest BCUT2D eigenvalue weighted by Gasteiger charge is -2.31. The summed E-state index contributed by atoms with van der Waals surface area (Å²) in [5.74, 6) is 0.328. The number of carbonyl (C=O) groups excluding carboxylic acids is 1. The third-order valence-corrected chi connectivity index (χ3v) is 5.61. The van der Waals surface area contributed by atoms with Gasteiger partial charge in [0.1, 0.15) is 0 Å². The van der Waals surface area contributed by atoms with Gasteiger partial charge in [-0.05, 0) is 25.7 Å². The molecule has 1 saturated heterocycles. The first-order valence-electron chi connectivity index (χ1n) is 7.74. The number of nitrogens with zero attached hydrogens (tertiary/aromatic N) is 1. The summed E-state index contributed by atoms with van der Waals surface area (Å²) in [7, 11) is -3.51. The number of hydrogen-bond acceptors (Lipinski definition) is 3. The van der Waals surface area contributed by atoms with Gasteiger partial charge in [0.2, 0.25) is 0 Å². The average Bonchev–Trinajstić information content (AvgIpc) is 2.47. The first-order valence-corrected chi connectivity index (χ1v) is 9.18. The molecule has 22 heavy (non-hydrogen) atoms. The minimum atomic E-state index is -3.51. The topological polar surface area (TPSA) is 66.5 Å². The number of Topliss-reactive ketones (excluding diaryl/α,β-unsaturated/α-hetero) is 1. The molecule has 0 spiro atoms. The van der Waals surface area contributed by atoms with Crippen LogP contribution in [0.5, 0.6) is 0 Å². The maximum Gasteiger partial charge on any atom is 0.279 e. The molecule has 0 bridgehead atoms. The van der Waals surface area contributed by atoms with Crippen molar-refractivity contribution in [3.05, 3.63) is 35.9 Å². The normalized spacial score (nSPS) is 21.5. The number of ketones is 1. The molecule has 0 radical (unpaired) electrons. The molecule has 1 aromatic rings. The highest BCUT2D eigenvalue weighted by molar-refractivity contribution is 7.87. The van der Waals surface area contributed by atoms with E-state index in [-0.39, 0.29) is 12.2 Å². The molecule has 5 nitrogen and oxygen atoms in total. The lowest BCUT2D eigenvalue weighted by atomic mass is 10.0. The summed E-state index contributed by atoms with van der Waals surface area (Å²) in [5.41, 5.74) is 0.611. The van der Waals surface area contributed by atoms with Crippen molar-refractivity contribution in [2.75, 3.05) is 13.1 Å². The van der Waals surface area contributed by atoms with Gasteiger partial charge in [-0.1, -0.05) is 37.3 Å². The third kappa shape index (κ3) is 4.63. The van der Waals surface area contributed by atoms with Gasteiger partial charge < -0.3 is 0 Å². The monoisotopic (exact) mass is 324 g/mol. The molecular weight excluding hydrogens is 300 g/mol. The fourth-order valence-electron chi connectivity index (χ4n) is 2.76. The maximum atomic E-state index is 12.4. The molecule has 2 rings (SSSR count). The van der Waals surface area contributed by atoms with Crippen molar-refractivity contribution in [2.45, 2.75) is 39.2 Å². The molecule has 0 amide bonds. The number of nitrogens with one attached hydrogen (secondary N) is 1. The van der Waals surface area contributed by atoms with Crippen LogP contribution in [0.15, 0.2) is 30.3 Å². The van der Waals surface area contributed by atoms with Gasteiger partial charge in [0, 0.05) is 31.1 Å². The zero-order valence-electron chi connectivity index (χ0n) is 13.2. The minimum Gasteiger partial charge on any atom is -0.294 e. The van der Waals surface area contributed by atoms with Crippen molar-refractivity contribution in [1.29, 1.82) is 0 Å². The van der Waals surface area contributed by atoms with Gasteiger partial charge in [-0.15, -0.1) is 0 Å². The fourth-order valence-corrected chi connectivity index (χ4v) is 4.32. The lowest BCUT2D eigenvalue weighted by molar-refractivity contribution is 0.0974. The molecule has 122 valence electrons. The summed E-state index contributed by atoms with van der Waals surface area (Å²) in [6.45, 7) is 4.89. The molecule has 0 aromatic heterocycles. The van der Waals surface area contributed by atoms with E-state index >= 15 is 0 Å². The fraction of sp³-hybridized carbons (Fsp3) is 0.562. The third-order valence-electron chi connectivity index (χ3n) is 3.90. The molecule has 1 N–H and O–H groups in total. The average molecular weight is 324 g/mol. The van der Waals surface area contributed by atoms with E-state index < -0.39 is 16.3 Å². The number of benzene rings is 1. The molecule has 0 aliphatic carbocycles. The Balaban J connectivity index is 1.93. The van der Waals surface area contributed by atoms with E-state index in [0.29, 0.717) is 24.6 Å². The van der Waals surface area contributed by atoms with E-state index in [1.54, 1.807) is 31.2 Å². The second-order valence-corrected chi connectivity index (χ2v) is 7.82. The Labute approximate surface area is 132 Å². The summed E-state index contributed by atoms with van der Waals surface area (Å²) in [5, 5.41) is 0. The van der Waals surface area contributed by atoms with Gasteiger partial charge in [-0.3, -0.25) is 4.79 Å².